The molecule has 0 saturated carbocycles. The van der Waals surface area contributed by atoms with Crippen molar-refractivity contribution in [3.8, 4) is 0 Å². The number of hydrogen-bond donors (Lipinski definition) is 1. The summed E-state index contributed by atoms with van der Waals surface area (Å²) in [5.74, 6) is 0. The first-order valence-electron chi connectivity index (χ1n) is 6.85. The average molecular weight is 252 g/mol. The van der Waals surface area contributed by atoms with Crippen molar-refractivity contribution < 1.29 is 0 Å². The molecule has 1 aromatic heterocycles. The maximum atomic E-state index is 4.43. The normalized spacial score (nSPS) is 13.8. The molecule has 0 spiro atoms. The van der Waals surface area contributed by atoms with Crippen LogP contribution in [0.15, 0.2) is 12.4 Å². The van der Waals surface area contributed by atoms with E-state index < -0.39 is 0 Å². The van der Waals surface area contributed by atoms with E-state index in [1.807, 2.05) is 10.9 Å². The van der Waals surface area contributed by atoms with E-state index in [1.54, 1.807) is 0 Å². The largest absolute Gasteiger partial charge is 0.309 e. The predicted molar refractivity (Wildman–Crippen MR) is 76.8 cm³/mol. The molecule has 1 N–H and O–H groups in total. The predicted octanol–water partition coefficient (Wildman–Crippen LogP) is 2.45. The summed E-state index contributed by atoms with van der Waals surface area (Å²) in [4.78, 5) is 2.22. The van der Waals surface area contributed by atoms with Gasteiger partial charge in [0.2, 0.25) is 0 Å². The molecule has 0 aromatic carbocycles. The van der Waals surface area contributed by atoms with Crippen LogP contribution in [0.1, 0.15) is 51.8 Å². The molecule has 1 aromatic rings. The molecule has 0 aliphatic carbocycles. The standard InChI is InChI=1S/C14H28N4/c1-11(2)16-14(7-8-17(5)6)13-9-15-18(10-13)12(3)4/h9-12,14,16H,7-8H2,1-6H3. The van der Waals surface area contributed by atoms with Crippen molar-refractivity contribution in [1.29, 1.82) is 0 Å². The summed E-state index contributed by atoms with van der Waals surface area (Å²) in [6.07, 6.45) is 5.27. The fourth-order valence-corrected chi connectivity index (χ4v) is 1.95. The van der Waals surface area contributed by atoms with Crippen LogP contribution in [0.4, 0.5) is 0 Å². The van der Waals surface area contributed by atoms with Gasteiger partial charge in [-0.05, 0) is 40.9 Å². The average Bonchev–Trinajstić information content (AvgIpc) is 2.72. The second-order valence-electron chi connectivity index (χ2n) is 5.81. The van der Waals surface area contributed by atoms with Gasteiger partial charge >= 0.3 is 0 Å². The minimum absolute atomic E-state index is 0.389. The van der Waals surface area contributed by atoms with Crippen LogP contribution in [0.25, 0.3) is 0 Å². The van der Waals surface area contributed by atoms with Gasteiger partial charge in [0.25, 0.3) is 0 Å². The Labute approximate surface area is 111 Å². The second kappa shape index (κ2) is 6.90. The number of nitrogens with zero attached hydrogens (tertiary/aromatic N) is 3. The molecule has 0 radical (unpaired) electrons. The zero-order chi connectivity index (χ0) is 13.7. The van der Waals surface area contributed by atoms with E-state index >= 15 is 0 Å². The van der Waals surface area contributed by atoms with Gasteiger partial charge in [-0.1, -0.05) is 13.8 Å². The van der Waals surface area contributed by atoms with Crippen molar-refractivity contribution >= 4 is 0 Å². The van der Waals surface area contributed by atoms with Crippen LogP contribution in [0.5, 0.6) is 0 Å². The van der Waals surface area contributed by atoms with E-state index in [-0.39, 0.29) is 0 Å². The molecule has 4 heteroatoms. The van der Waals surface area contributed by atoms with Gasteiger partial charge in [0.15, 0.2) is 0 Å². The van der Waals surface area contributed by atoms with Crippen LogP contribution in [0.3, 0.4) is 0 Å². The summed E-state index contributed by atoms with van der Waals surface area (Å²) in [7, 11) is 4.23. The van der Waals surface area contributed by atoms with Crippen LogP contribution in [0.2, 0.25) is 0 Å². The van der Waals surface area contributed by atoms with Gasteiger partial charge in [0.05, 0.1) is 6.20 Å². The van der Waals surface area contributed by atoms with Crippen molar-refractivity contribution in [3.63, 3.8) is 0 Å². The van der Waals surface area contributed by atoms with Gasteiger partial charge in [0.1, 0.15) is 0 Å². The molecule has 0 saturated heterocycles. The van der Waals surface area contributed by atoms with Crippen molar-refractivity contribution in [2.45, 2.75) is 52.2 Å². The van der Waals surface area contributed by atoms with Crippen molar-refractivity contribution in [2.75, 3.05) is 20.6 Å². The molecule has 0 aliphatic rings. The molecule has 18 heavy (non-hydrogen) atoms. The topological polar surface area (TPSA) is 33.1 Å². The van der Waals surface area contributed by atoms with Gasteiger partial charge < -0.3 is 10.2 Å². The zero-order valence-electron chi connectivity index (χ0n) is 12.6. The van der Waals surface area contributed by atoms with E-state index in [0.717, 1.165) is 13.0 Å². The third-order valence-corrected chi connectivity index (χ3v) is 2.95. The number of nitrogens with one attached hydrogen (secondary N) is 1. The highest BCUT2D eigenvalue weighted by Gasteiger charge is 2.15. The summed E-state index contributed by atoms with van der Waals surface area (Å²) in [5.41, 5.74) is 1.29. The lowest BCUT2D eigenvalue weighted by Crippen LogP contribution is -2.30. The fourth-order valence-electron chi connectivity index (χ4n) is 1.95. The van der Waals surface area contributed by atoms with Crippen LogP contribution in [0, 0.1) is 0 Å². The molecule has 0 aliphatic heterocycles. The Balaban J connectivity index is 2.73. The lowest BCUT2D eigenvalue weighted by Gasteiger charge is -2.22. The monoisotopic (exact) mass is 252 g/mol. The lowest BCUT2D eigenvalue weighted by molar-refractivity contribution is 0.350. The summed E-state index contributed by atoms with van der Waals surface area (Å²) < 4.78 is 2.03. The van der Waals surface area contributed by atoms with Gasteiger partial charge in [-0.25, -0.2) is 0 Å². The molecule has 1 heterocycles. The Kier molecular flexibility index (Phi) is 5.82. The van der Waals surface area contributed by atoms with Crippen LogP contribution in [-0.2, 0) is 0 Å². The third kappa shape index (κ3) is 4.78. The Hall–Kier alpha value is -0.870. The lowest BCUT2D eigenvalue weighted by atomic mass is 10.1. The van der Waals surface area contributed by atoms with E-state index in [1.165, 1.54) is 5.56 Å². The molecule has 1 atom stereocenters. The SMILES string of the molecule is CC(C)NC(CCN(C)C)c1cnn(C(C)C)c1. The molecule has 1 rings (SSSR count). The molecule has 104 valence electrons. The number of rotatable bonds is 7. The summed E-state index contributed by atoms with van der Waals surface area (Å²) in [6.45, 7) is 9.77. The minimum Gasteiger partial charge on any atom is -0.309 e. The van der Waals surface area contributed by atoms with Crippen LogP contribution < -0.4 is 5.32 Å². The highest BCUT2D eigenvalue weighted by Crippen LogP contribution is 2.18. The third-order valence-electron chi connectivity index (χ3n) is 2.95. The molecule has 0 bridgehead atoms. The van der Waals surface area contributed by atoms with E-state index in [2.05, 4.69) is 63.3 Å². The first-order chi connectivity index (χ1) is 8.40. The number of aromatic nitrogens is 2. The molecule has 0 fully saturated rings. The Morgan fingerprint density at radius 2 is 1.94 bits per heavy atom. The van der Waals surface area contributed by atoms with Crippen LogP contribution >= 0.6 is 0 Å². The summed E-state index contributed by atoms with van der Waals surface area (Å²) >= 11 is 0. The molecule has 4 nitrogen and oxygen atoms in total. The van der Waals surface area contributed by atoms with E-state index in [0.29, 0.717) is 18.1 Å². The molecular formula is C14H28N4. The number of hydrogen-bond acceptors (Lipinski definition) is 3. The molecule has 0 amide bonds. The second-order valence-corrected chi connectivity index (χ2v) is 5.81. The molecular weight excluding hydrogens is 224 g/mol. The van der Waals surface area contributed by atoms with Crippen LogP contribution in [-0.4, -0.2) is 41.4 Å². The highest BCUT2D eigenvalue weighted by atomic mass is 15.3. The van der Waals surface area contributed by atoms with Gasteiger partial charge in [-0.3, -0.25) is 4.68 Å². The molecule has 1 unspecified atom stereocenters. The van der Waals surface area contributed by atoms with Crippen molar-refractivity contribution in [2.24, 2.45) is 0 Å². The first-order valence-corrected chi connectivity index (χ1v) is 6.85. The van der Waals surface area contributed by atoms with E-state index in [9.17, 15) is 0 Å². The highest BCUT2D eigenvalue weighted by molar-refractivity contribution is 5.11. The minimum atomic E-state index is 0.389. The Bertz CT molecular complexity index is 341. The van der Waals surface area contributed by atoms with Crippen molar-refractivity contribution in [3.05, 3.63) is 18.0 Å². The summed E-state index contributed by atoms with van der Waals surface area (Å²) in [6, 6.07) is 1.30. The van der Waals surface area contributed by atoms with Gasteiger partial charge in [0, 0.05) is 29.9 Å². The zero-order valence-corrected chi connectivity index (χ0v) is 12.6. The first kappa shape index (κ1) is 15.2. The maximum Gasteiger partial charge on any atom is 0.0537 e. The van der Waals surface area contributed by atoms with Crippen molar-refractivity contribution in [1.82, 2.24) is 20.0 Å². The van der Waals surface area contributed by atoms with Gasteiger partial charge in [-0.15, -0.1) is 0 Å². The smallest absolute Gasteiger partial charge is 0.0537 e. The van der Waals surface area contributed by atoms with E-state index in [4.69, 9.17) is 0 Å². The Morgan fingerprint density at radius 3 is 2.39 bits per heavy atom. The summed E-state index contributed by atoms with van der Waals surface area (Å²) in [5, 5.41) is 8.06. The quantitative estimate of drug-likeness (QED) is 0.809. The Morgan fingerprint density at radius 1 is 1.28 bits per heavy atom. The maximum absolute atomic E-state index is 4.43. The fraction of sp³-hybridized carbons (Fsp3) is 0.786. The van der Waals surface area contributed by atoms with Gasteiger partial charge in [-0.2, -0.15) is 5.10 Å².